The first kappa shape index (κ1) is 13.6. The van der Waals surface area contributed by atoms with Crippen LogP contribution in [-0.2, 0) is 11.3 Å². The van der Waals surface area contributed by atoms with E-state index in [1.165, 1.54) is 5.56 Å². The number of ether oxygens (including phenoxy) is 1. The van der Waals surface area contributed by atoms with Gasteiger partial charge >= 0.3 is 0 Å². The lowest BCUT2D eigenvalue weighted by Gasteiger charge is -2.18. The molecule has 0 aliphatic carbocycles. The minimum Gasteiger partial charge on any atom is -0.508 e. The number of phenols is 1. The Bertz CT molecular complexity index is 499. The van der Waals surface area contributed by atoms with Crippen molar-refractivity contribution in [1.82, 2.24) is 5.32 Å². The van der Waals surface area contributed by atoms with Crippen molar-refractivity contribution in [1.29, 1.82) is 0 Å². The highest BCUT2D eigenvalue weighted by Crippen LogP contribution is 2.18. The van der Waals surface area contributed by atoms with Gasteiger partial charge in [-0.3, -0.25) is 0 Å². The molecule has 3 heteroatoms. The Morgan fingerprint density at radius 3 is 2.42 bits per heavy atom. The normalized spacial score (nSPS) is 12.3. The van der Waals surface area contributed by atoms with Crippen LogP contribution >= 0.6 is 0 Å². The maximum Gasteiger partial charge on any atom is 0.120 e. The van der Waals surface area contributed by atoms with Gasteiger partial charge in [0.15, 0.2) is 0 Å². The van der Waals surface area contributed by atoms with E-state index in [1.807, 2.05) is 36.4 Å². The maximum absolute atomic E-state index is 9.75. The number of hydrogen-bond acceptors (Lipinski definition) is 3. The third-order valence-corrected chi connectivity index (χ3v) is 3.07. The molecule has 0 amide bonds. The fraction of sp³-hybridized carbons (Fsp3) is 0.250. The molecular formula is C16H19NO2. The van der Waals surface area contributed by atoms with Crippen molar-refractivity contribution in [3.8, 4) is 5.75 Å². The van der Waals surface area contributed by atoms with E-state index in [4.69, 9.17) is 4.74 Å². The molecule has 19 heavy (non-hydrogen) atoms. The molecule has 0 saturated heterocycles. The molecule has 2 rings (SSSR count). The molecule has 0 heterocycles. The van der Waals surface area contributed by atoms with E-state index in [9.17, 15) is 5.11 Å². The number of aromatic hydroxyl groups is 1. The van der Waals surface area contributed by atoms with Crippen LogP contribution in [0.15, 0.2) is 54.6 Å². The monoisotopic (exact) mass is 257 g/mol. The highest BCUT2D eigenvalue weighted by atomic mass is 16.5. The summed E-state index contributed by atoms with van der Waals surface area (Å²) in [6.45, 7) is 1.20. The highest BCUT2D eigenvalue weighted by Gasteiger charge is 2.11. The number of rotatable bonds is 6. The molecule has 2 aromatic carbocycles. The zero-order valence-electron chi connectivity index (χ0n) is 11.0. The molecule has 1 atom stereocenters. The van der Waals surface area contributed by atoms with Gasteiger partial charge in [-0.2, -0.15) is 0 Å². The van der Waals surface area contributed by atoms with Gasteiger partial charge in [-0.1, -0.05) is 48.5 Å². The van der Waals surface area contributed by atoms with E-state index in [0.29, 0.717) is 18.9 Å². The quantitative estimate of drug-likeness (QED) is 0.836. The van der Waals surface area contributed by atoms with Crippen molar-refractivity contribution in [3.63, 3.8) is 0 Å². The summed E-state index contributed by atoms with van der Waals surface area (Å²) in [7, 11) is 1.69. The summed E-state index contributed by atoms with van der Waals surface area (Å²) in [6.07, 6.45) is 0. The number of para-hydroxylation sites is 1. The third kappa shape index (κ3) is 3.81. The first-order valence-corrected chi connectivity index (χ1v) is 6.35. The molecule has 100 valence electrons. The van der Waals surface area contributed by atoms with Crippen LogP contribution in [0.2, 0.25) is 0 Å². The van der Waals surface area contributed by atoms with E-state index >= 15 is 0 Å². The zero-order chi connectivity index (χ0) is 13.5. The Morgan fingerprint density at radius 1 is 1.05 bits per heavy atom. The number of phenolic OH excluding ortho intramolecular Hbond substituents is 1. The van der Waals surface area contributed by atoms with Gasteiger partial charge in [0.05, 0.1) is 12.6 Å². The van der Waals surface area contributed by atoms with Gasteiger partial charge in [-0.15, -0.1) is 0 Å². The van der Waals surface area contributed by atoms with Crippen LogP contribution in [0.5, 0.6) is 5.75 Å². The second-order valence-electron chi connectivity index (χ2n) is 4.43. The standard InChI is InChI=1S/C16H19NO2/c1-19-12-15(13-7-3-2-4-8-13)17-11-14-9-5-6-10-16(14)18/h2-10,15,17-18H,11-12H2,1H3/t15-/m1/s1. The topological polar surface area (TPSA) is 41.5 Å². The fourth-order valence-electron chi connectivity index (χ4n) is 2.02. The van der Waals surface area contributed by atoms with Crippen LogP contribution < -0.4 is 5.32 Å². The van der Waals surface area contributed by atoms with E-state index in [2.05, 4.69) is 17.4 Å². The molecule has 0 aromatic heterocycles. The first-order chi connectivity index (χ1) is 9.31. The molecule has 0 aliphatic heterocycles. The largest absolute Gasteiger partial charge is 0.508 e. The smallest absolute Gasteiger partial charge is 0.120 e. The second-order valence-corrected chi connectivity index (χ2v) is 4.43. The van der Waals surface area contributed by atoms with Crippen molar-refractivity contribution < 1.29 is 9.84 Å². The summed E-state index contributed by atoms with van der Waals surface area (Å²) in [4.78, 5) is 0. The van der Waals surface area contributed by atoms with Gasteiger partial charge in [0, 0.05) is 19.2 Å². The van der Waals surface area contributed by atoms with Crippen LogP contribution in [0.4, 0.5) is 0 Å². The fourth-order valence-corrected chi connectivity index (χ4v) is 2.02. The summed E-state index contributed by atoms with van der Waals surface area (Å²) in [5.74, 6) is 0.319. The lowest BCUT2D eigenvalue weighted by atomic mass is 10.1. The lowest BCUT2D eigenvalue weighted by molar-refractivity contribution is 0.166. The van der Waals surface area contributed by atoms with E-state index in [0.717, 1.165) is 5.56 Å². The van der Waals surface area contributed by atoms with Crippen LogP contribution in [0.1, 0.15) is 17.2 Å². The minimum absolute atomic E-state index is 0.116. The van der Waals surface area contributed by atoms with E-state index in [-0.39, 0.29) is 6.04 Å². The Kier molecular flexibility index (Phi) is 4.95. The van der Waals surface area contributed by atoms with Crippen molar-refractivity contribution in [3.05, 3.63) is 65.7 Å². The van der Waals surface area contributed by atoms with E-state index in [1.54, 1.807) is 13.2 Å². The number of benzene rings is 2. The molecule has 0 saturated carbocycles. The Hall–Kier alpha value is -1.84. The van der Waals surface area contributed by atoms with Crippen LogP contribution in [0, 0.1) is 0 Å². The Morgan fingerprint density at radius 2 is 1.74 bits per heavy atom. The van der Waals surface area contributed by atoms with Gasteiger partial charge in [0.2, 0.25) is 0 Å². The first-order valence-electron chi connectivity index (χ1n) is 6.35. The van der Waals surface area contributed by atoms with E-state index < -0.39 is 0 Å². The molecule has 0 unspecified atom stereocenters. The average Bonchev–Trinajstić information content (AvgIpc) is 2.46. The second kappa shape index (κ2) is 6.92. The third-order valence-electron chi connectivity index (χ3n) is 3.07. The summed E-state index contributed by atoms with van der Waals surface area (Å²) >= 11 is 0. The predicted molar refractivity (Wildman–Crippen MR) is 76.0 cm³/mol. The van der Waals surface area contributed by atoms with Crippen LogP contribution in [0.3, 0.4) is 0 Å². The van der Waals surface area contributed by atoms with Crippen LogP contribution in [0.25, 0.3) is 0 Å². The minimum atomic E-state index is 0.116. The van der Waals surface area contributed by atoms with Gasteiger partial charge < -0.3 is 15.2 Å². The average molecular weight is 257 g/mol. The number of hydrogen-bond donors (Lipinski definition) is 2. The number of methoxy groups -OCH3 is 1. The van der Waals surface area contributed by atoms with Crippen molar-refractivity contribution in [2.45, 2.75) is 12.6 Å². The summed E-state index contributed by atoms with van der Waals surface area (Å²) in [5, 5.41) is 13.2. The molecule has 0 spiro atoms. The molecule has 0 bridgehead atoms. The molecule has 0 fully saturated rings. The molecule has 3 nitrogen and oxygen atoms in total. The van der Waals surface area contributed by atoms with Gasteiger partial charge in [0.1, 0.15) is 5.75 Å². The Balaban J connectivity index is 2.04. The Labute approximate surface area is 113 Å². The lowest BCUT2D eigenvalue weighted by Crippen LogP contribution is -2.24. The summed E-state index contributed by atoms with van der Waals surface area (Å²) in [5.41, 5.74) is 2.07. The zero-order valence-corrected chi connectivity index (χ0v) is 11.0. The van der Waals surface area contributed by atoms with Crippen molar-refractivity contribution in [2.24, 2.45) is 0 Å². The number of nitrogens with one attached hydrogen (secondary N) is 1. The summed E-state index contributed by atoms with van der Waals surface area (Å²) < 4.78 is 5.25. The van der Waals surface area contributed by atoms with Gasteiger partial charge in [-0.25, -0.2) is 0 Å². The predicted octanol–water partition coefficient (Wildman–Crippen LogP) is 2.87. The molecule has 0 radical (unpaired) electrons. The summed E-state index contributed by atoms with van der Waals surface area (Å²) in [6, 6.07) is 17.6. The molecule has 2 N–H and O–H groups in total. The molecular weight excluding hydrogens is 238 g/mol. The van der Waals surface area contributed by atoms with Crippen molar-refractivity contribution in [2.75, 3.05) is 13.7 Å². The highest BCUT2D eigenvalue weighted by molar-refractivity contribution is 5.31. The van der Waals surface area contributed by atoms with Gasteiger partial charge in [-0.05, 0) is 11.6 Å². The van der Waals surface area contributed by atoms with Crippen LogP contribution in [-0.4, -0.2) is 18.8 Å². The maximum atomic E-state index is 9.75. The van der Waals surface area contributed by atoms with Crippen molar-refractivity contribution >= 4 is 0 Å². The molecule has 0 aliphatic rings. The SMILES string of the molecule is COC[C@@H](NCc1ccccc1O)c1ccccc1. The molecule has 2 aromatic rings. The van der Waals surface area contributed by atoms with Gasteiger partial charge in [0.25, 0.3) is 0 Å².